The number of nitrogens with one attached hydrogen (secondary N) is 1. The van der Waals surface area contributed by atoms with Crippen LogP contribution < -0.4 is 5.73 Å². The van der Waals surface area contributed by atoms with Crippen molar-refractivity contribution in [2.75, 3.05) is 11.5 Å². The largest absolute Gasteiger partial charge is 0.390 e. The fourth-order valence-corrected chi connectivity index (χ4v) is 6.92. The molecule has 3 heterocycles. The standard InChI is InChI=1S/C24H30N2O4S2/c1-24(2,28)8-5-18-3-4-21(31-18)16-11-17(13-22(25)27)23-19(12-16)20(14-26-23)15-6-9-32(29,30)10-7-15/h3-4,11-12,14-15,26,28H,5-10,13H2,1-2H3,(H2,25,27). The lowest BCUT2D eigenvalue weighted by molar-refractivity contribution is -0.117. The average Bonchev–Trinajstić information content (AvgIpc) is 3.33. The van der Waals surface area contributed by atoms with E-state index in [1.165, 1.54) is 4.88 Å². The van der Waals surface area contributed by atoms with Crippen molar-refractivity contribution in [3.05, 3.63) is 46.5 Å². The van der Waals surface area contributed by atoms with Crippen LogP contribution in [0.1, 0.15) is 55.0 Å². The smallest absolute Gasteiger partial charge is 0.221 e. The molecule has 0 spiro atoms. The molecular formula is C24H30N2O4S2. The molecular weight excluding hydrogens is 444 g/mol. The number of sulfone groups is 1. The maximum atomic E-state index is 11.9. The van der Waals surface area contributed by atoms with Gasteiger partial charge in [-0.05, 0) is 86.4 Å². The minimum atomic E-state index is -2.94. The molecule has 3 aromatic rings. The number of aliphatic hydroxyl groups is 1. The SMILES string of the molecule is CC(C)(O)CCc1ccc(-c2cc(CC(N)=O)c3[nH]cc(C4CCS(=O)(=O)CC4)c3c2)s1. The summed E-state index contributed by atoms with van der Waals surface area (Å²) in [6.07, 6.45) is 4.82. The number of hydrogen-bond acceptors (Lipinski definition) is 5. The number of benzene rings is 1. The number of fused-ring (bicyclic) bond motifs is 1. The zero-order valence-corrected chi connectivity index (χ0v) is 20.1. The summed E-state index contributed by atoms with van der Waals surface area (Å²) in [5.74, 6) is 0.219. The van der Waals surface area contributed by atoms with Crippen LogP contribution in [-0.4, -0.2) is 41.5 Å². The van der Waals surface area contributed by atoms with Gasteiger partial charge in [0.15, 0.2) is 0 Å². The summed E-state index contributed by atoms with van der Waals surface area (Å²) in [5.41, 5.74) is 8.71. The van der Waals surface area contributed by atoms with Crippen LogP contribution in [0.4, 0.5) is 0 Å². The fourth-order valence-electron chi connectivity index (χ4n) is 4.43. The molecule has 32 heavy (non-hydrogen) atoms. The van der Waals surface area contributed by atoms with Crippen molar-refractivity contribution in [3.63, 3.8) is 0 Å². The van der Waals surface area contributed by atoms with Crippen molar-refractivity contribution < 1.29 is 18.3 Å². The van der Waals surface area contributed by atoms with Crippen LogP contribution in [0.3, 0.4) is 0 Å². The number of aromatic amines is 1. The number of aromatic nitrogens is 1. The fraction of sp³-hybridized carbons (Fsp3) is 0.458. The summed E-state index contributed by atoms with van der Waals surface area (Å²) in [7, 11) is -2.94. The number of aryl methyl sites for hydroxylation is 1. The summed E-state index contributed by atoms with van der Waals surface area (Å²) < 4.78 is 23.8. The first kappa shape index (κ1) is 23.0. The van der Waals surface area contributed by atoms with Gasteiger partial charge in [0, 0.05) is 26.9 Å². The lowest BCUT2D eigenvalue weighted by atomic mass is 9.91. The van der Waals surface area contributed by atoms with Crippen molar-refractivity contribution in [1.29, 1.82) is 0 Å². The minimum absolute atomic E-state index is 0.139. The molecule has 0 radical (unpaired) electrons. The first-order chi connectivity index (χ1) is 15.0. The van der Waals surface area contributed by atoms with Gasteiger partial charge < -0.3 is 15.8 Å². The van der Waals surface area contributed by atoms with E-state index in [-0.39, 0.29) is 29.8 Å². The monoisotopic (exact) mass is 474 g/mol. The van der Waals surface area contributed by atoms with Gasteiger partial charge in [-0.1, -0.05) is 0 Å². The molecule has 1 aliphatic heterocycles. The highest BCUT2D eigenvalue weighted by molar-refractivity contribution is 7.91. The van der Waals surface area contributed by atoms with E-state index in [9.17, 15) is 18.3 Å². The van der Waals surface area contributed by atoms with Crippen LogP contribution in [0, 0.1) is 0 Å². The molecule has 6 nitrogen and oxygen atoms in total. The molecule has 4 N–H and O–H groups in total. The van der Waals surface area contributed by atoms with Crippen LogP contribution in [0.5, 0.6) is 0 Å². The van der Waals surface area contributed by atoms with Crippen molar-refractivity contribution in [3.8, 4) is 10.4 Å². The molecule has 0 bridgehead atoms. The second-order valence-electron chi connectivity index (χ2n) is 9.45. The maximum Gasteiger partial charge on any atom is 0.221 e. The quantitative estimate of drug-likeness (QED) is 0.482. The van der Waals surface area contributed by atoms with Gasteiger partial charge in [0.05, 0.1) is 23.5 Å². The number of carbonyl (C=O) groups excluding carboxylic acids is 1. The van der Waals surface area contributed by atoms with Gasteiger partial charge in [0.2, 0.25) is 5.91 Å². The molecule has 1 fully saturated rings. The predicted molar refractivity (Wildman–Crippen MR) is 130 cm³/mol. The Morgan fingerprint density at radius 3 is 2.62 bits per heavy atom. The van der Waals surface area contributed by atoms with Crippen LogP contribution in [0.25, 0.3) is 21.3 Å². The summed E-state index contributed by atoms with van der Waals surface area (Å²) >= 11 is 1.69. The zero-order valence-electron chi connectivity index (χ0n) is 18.5. The minimum Gasteiger partial charge on any atom is -0.390 e. The van der Waals surface area contributed by atoms with Gasteiger partial charge in [-0.25, -0.2) is 8.42 Å². The predicted octanol–water partition coefficient (Wildman–Crippen LogP) is 3.92. The molecule has 1 aromatic carbocycles. The highest BCUT2D eigenvalue weighted by Crippen LogP contribution is 2.39. The van der Waals surface area contributed by atoms with E-state index in [0.717, 1.165) is 38.9 Å². The van der Waals surface area contributed by atoms with Crippen LogP contribution >= 0.6 is 11.3 Å². The van der Waals surface area contributed by atoms with Crippen molar-refractivity contribution in [1.82, 2.24) is 4.98 Å². The van der Waals surface area contributed by atoms with Crippen molar-refractivity contribution >= 4 is 38.0 Å². The van der Waals surface area contributed by atoms with Crippen molar-refractivity contribution in [2.24, 2.45) is 5.73 Å². The topological polar surface area (TPSA) is 113 Å². The number of primary amides is 1. The molecule has 0 saturated carbocycles. The third-order valence-corrected chi connectivity index (χ3v) is 9.10. The van der Waals surface area contributed by atoms with Crippen molar-refractivity contribution in [2.45, 2.75) is 57.5 Å². The first-order valence-corrected chi connectivity index (χ1v) is 13.6. The number of H-pyrrole nitrogens is 1. The molecule has 0 atom stereocenters. The van der Waals surface area contributed by atoms with E-state index in [1.807, 2.05) is 26.1 Å². The molecule has 2 aromatic heterocycles. The first-order valence-electron chi connectivity index (χ1n) is 10.9. The van der Waals surface area contributed by atoms with Gasteiger partial charge in [-0.15, -0.1) is 11.3 Å². The molecule has 1 aliphatic rings. The van der Waals surface area contributed by atoms with E-state index >= 15 is 0 Å². The van der Waals surface area contributed by atoms with Gasteiger partial charge in [0.25, 0.3) is 0 Å². The van der Waals surface area contributed by atoms with E-state index < -0.39 is 15.4 Å². The molecule has 1 amide bonds. The Hall–Kier alpha value is -2.16. The van der Waals surface area contributed by atoms with Gasteiger partial charge in [-0.3, -0.25) is 4.79 Å². The molecule has 4 rings (SSSR count). The second kappa shape index (κ2) is 8.65. The molecule has 8 heteroatoms. The molecule has 172 valence electrons. The Kier molecular flexibility index (Phi) is 6.22. The number of thiophene rings is 1. The lowest BCUT2D eigenvalue weighted by Crippen LogP contribution is -2.22. The molecule has 1 saturated heterocycles. The summed E-state index contributed by atoms with van der Waals surface area (Å²) in [4.78, 5) is 17.4. The second-order valence-corrected chi connectivity index (χ2v) is 12.9. The molecule has 0 aliphatic carbocycles. The normalized spacial score (nSPS) is 17.1. The third kappa shape index (κ3) is 5.24. The summed E-state index contributed by atoms with van der Waals surface area (Å²) in [5, 5.41) is 11.1. The Labute approximate surface area is 192 Å². The Morgan fingerprint density at radius 1 is 1.25 bits per heavy atom. The van der Waals surface area contributed by atoms with Gasteiger partial charge in [-0.2, -0.15) is 0 Å². The van der Waals surface area contributed by atoms with Crippen LogP contribution in [0.2, 0.25) is 0 Å². The Morgan fingerprint density at radius 2 is 1.97 bits per heavy atom. The van der Waals surface area contributed by atoms with Gasteiger partial charge in [0.1, 0.15) is 9.84 Å². The Bertz CT molecular complexity index is 1230. The number of amides is 1. The van der Waals surface area contributed by atoms with Gasteiger partial charge >= 0.3 is 0 Å². The van der Waals surface area contributed by atoms with E-state index in [4.69, 9.17) is 5.73 Å². The maximum absolute atomic E-state index is 11.9. The molecule has 0 unspecified atom stereocenters. The van der Waals surface area contributed by atoms with Crippen LogP contribution in [0.15, 0.2) is 30.5 Å². The van der Waals surface area contributed by atoms with E-state index in [0.29, 0.717) is 19.3 Å². The highest BCUT2D eigenvalue weighted by Gasteiger charge is 2.27. The third-order valence-electron chi connectivity index (χ3n) is 6.19. The number of nitrogens with two attached hydrogens (primary N) is 1. The van der Waals surface area contributed by atoms with E-state index in [1.54, 1.807) is 11.3 Å². The summed E-state index contributed by atoms with van der Waals surface area (Å²) in [6, 6.07) is 8.33. The lowest BCUT2D eigenvalue weighted by Gasteiger charge is -2.21. The number of rotatable bonds is 7. The van der Waals surface area contributed by atoms with Crippen LogP contribution in [-0.2, 0) is 27.5 Å². The zero-order chi connectivity index (χ0) is 23.1. The average molecular weight is 475 g/mol. The number of carbonyl (C=O) groups is 1. The highest BCUT2D eigenvalue weighted by atomic mass is 32.2. The number of hydrogen-bond donors (Lipinski definition) is 3. The Balaban J connectivity index is 1.72. The summed E-state index contributed by atoms with van der Waals surface area (Å²) in [6.45, 7) is 3.63. The van der Waals surface area contributed by atoms with E-state index in [2.05, 4.69) is 23.2 Å².